The topological polar surface area (TPSA) is 66.4 Å². The van der Waals surface area contributed by atoms with E-state index in [1.54, 1.807) is 0 Å². The SMILES string of the molecule is CC(C)CNS(=O)(=O)c1cc(Br)cc(CO)c1F. The predicted molar refractivity (Wildman–Crippen MR) is 70.0 cm³/mol. The van der Waals surface area contributed by atoms with Crippen LogP contribution in [0.25, 0.3) is 0 Å². The third-order valence-electron chi connectivity index (χ3n) is 2.22. The third kappa shape index (κ3) is 3.74. The van der Waals surface area contributed by atoms with Gasteiger partial charge in [0.25, 0.3) is 0 Å². The molecular formula is C11H15BrFNO3S. The number of sulfonamides is 1. The minimum atomic E-state index is -3.91. The molecular weight excluding hydrogens is 325 g/mol. The fraction of sp³-hybridized carbons (Fsp3) is 0.455. The first-order valence-corrected chi connectivity index (χ1v) is 7.64. The van der Waals surface area contributed by atoms with E-state index in [2.05, 4.69) is 20.7 Å². The zero-order valence-corrected chi connectivity index (χ0v) is 12.5. The van der Waals surface area contributed by atoms with Crippen molar-refractivity contribution >= 4 is 26.0 Å². The Hall–Kier alpha value is -0.500. The molecule has 0 bridgehead atoms. The summed E-state index contributed by atoms with van der Waals surface area (Å²) in [6.45, 7) is 3.36. The molecule has 0 aliphatic rings. The van der Waals surface area contributed by atoms with Crippen molar-refractivity contribution in [1.82, 2.24) is 4.72 Å². The highest BCUT2D eigenvalue weighted by molar-refractivity contribution is 9.10. The number of hydrogen-bond acceptors (Lipinski definition) is 3. The number of hydrogen-bond donors (Lipinski definition) is 2. The van der Waals surface area contributed by atoms with Crippen LogP contribution >= 0.6 is 15.9 Å². The quantitative estimate of drug-likeness (QED) is 0.862. The van der Waals surface area contributed by atoms with Gasteiger partial charge in [0.2, 0.25) is 10.0 Å². The first-order chi connectivity index (χ1) is 8.27. The Morgan fingerprint density at radius 1 is 1.44 bits per heavy atom. The van der Waals surface area contributed by atoms with Gasteiger partial charge in [-0.25, -0.2) is 17.5 Å². The Balaban J connectivity index is 3.20. The maximum Gasteiger partial charge on any atom is 0.243 e. The number of halogens is 2. The van der Waals surface area contributed by atoms with Gasteiger partial charge in [0.05, 0.1) is 6.61 Å². The molecule has 0 radical (unpaired) electrons. The summed E-state index contributed by atoms with van der Waals surface area (Å²) in [5.74, 6) is -0.802. The second-order valence-corrected chi connectivity index (χ2v) is 6.93. The number of rotatable bonds is 5. The molecule has 0 spiro atoms. The number of aliphatic hydroxyl groups is 1. The van der Waals surface area contributed by atoms with Crippen LogP contribution in [0.4, 0.5) is 4.39 Å². The van der Waals surface area contributed by atoms with Crippen molar-refractivity contribution in [2.24, 2.45) is 5.92 Å². The van der Waals surface area contributed by atoms with Crippen LogP contribution in [0.3, 0.4) is 0 Å². The molecule has 4 nitrogen and oxygen atoms in total. The van der Waals surface area contributed by atoms with Gasteiger partial charge >= 0.3 is 0 Å². The van der Waals surface area contributed by atoms with Gasteiger partial charge in [0.1, 0.15) is 10.7 Å². The molecule has 0 amide bonds. The average Bonchev–Trinajstić information content (AvgIpc) is 2.29. The summed E-state index contributed by atoms with van der Waals surface area (Å²) in [4.78, 5) is -0.457. The minimum absolute atomic E-state index is 0.0608. The molecule has 0 aromatic heterocycles. The zero-order chi connectivity index (χ0) is 13.9. The standard InChI is InChI=1S/C11H15BrFNO3S/c1-7(2)5-14-18(16,17)10-4-9(12)3-8(6-15)11(10)13/h3-4,7,14-15H,5-6H2,1-2H3. The highest BCUT2D eigenvalue weighted by Gasteiger charge is 2.22. The molecule has 0 aliphatic carbocycles. The van der Waals surface area contributed by atoms with Gasteiger partial charge in [0, 0.05) is 16.6 Å². The predicted octanol–water partition coefficient (Wildman–Crippen LogP) is 2.01. The van der Waals surface area contributed by atoms with Crippen molar-refractivity contribution in [2.45, 2.75) is 25.3 Å². The lowest BCUT2D eigenvalue weighted by atomic mass is 10.2. The Kier molecular flexibility index (Phi) is 5.27. The van der Waals surface area contributed by atoms with Crippen molar-refractivity contribution < 1.29 is 17.9 Å². The highest BCUT2D eigenvalue weighted by atomic mass is 79.9. The van der Waals surface area contributed by atoms with E-state index in [9.17, 15) is 12.8 Å². The molecule has 0 aliphatic heterocycles. The van der Waals surface area contributed by atoms with Gasteiger partial charge < -0.3 is 5.11 Å². The lowest BCUT2D eigenvalue weighted by molar-refractivity contribution is 0.274. The largest absolute Gasteiger partial charge is 0.392 e. The summed E-state index contributed by atoms with van der Waals surface area (Å²) < 4.78 is 40.4. The van der Waals surface area contributed by atoms with E-state index in [4.69, 9.17) is 5.11 Å². The summed E-state index contributed by atoms with van der Waals surface area (Å²) >= 11 is 3.09. The molecule has 2 N–H and O–H groups in total. The van der Waals surface area contributed by atoms with Crippen molar-refractivity contribution in [2.75, 3.05) is 6.54 Å². The van der Waals surface area contributed by atoms with Crippen molar-refractivity contribution in [3.8, 4) is 0 Å². The van der Waals surface area contributed by atoms with E-state index in [0.717, 1.165) is 0 Å². The summed E-state index contributed by atoms with van der Waals surface area (Å²) in [7, 11) is -3.91. The molecule has 1 aromatic carbocycles. The molecule has 0 unspecified atom stereocenters. The number of benzene rings is 1. The fourth-order valence-corrected chi connectivity index (χ4v) is 3.30. The normalized spacial score (nSPS) is 12.1. The molecule has 18 heavy (non-hydrogen) atoms. The van der Waals surface area contributed by atoms with Crippen LogP contribution in [0.15, 0.2) is 21.5 Å². The van der Waals surface area contributed by atoms with Gasteiger partial charge in [-0.2, -0.15) is 0 Å². The highest BCUT2D eigenvalue weighted by Crippen LogP contribution is 2.24. The van der Waals surface area contributed by atoms with Gasteiger partial charge in [-0.1, -0.05) is 29.8 Å². The summed E-state index contributed by atoms with van der Waals surface area (Å²) in [6.07, 6.45) is 0. The smallest absolute Gasteiger partial charge is 0.243 e. The molecule has 1 rings (SSSR count). The van der Waals surface area contributed by atoms with Crippen LogP contribution < -0.4 is 4.72 Å². The zero-order valence-electron chi connectivity index (χ0n) is 10.1. The summed E-state index contributed by atoms with van der Waals surface area (Å²) in [6, 6.07) is 2.52. The van der Waals surface area contributed by atoms with Crippen molar-refractivity contribution in [1.29, 1.82) is 0 Å². The second kappa shape index (κ2) is 6.10. The molecule has 0 saturated carbocycles. The molecule has 0 atom stereocenters. The lowest BCUT2D eigenvalue weighted by Crippen LogP contribution is -2.28. The van der Waals surface area contributed by atoms with E-state index in [1.807, 2.05) is 13.8 Å². The maximum absolute atomic E-state index is 13.9. The summed E-state index contributed by atoms with van der Waals surface area (Å²) in [5.41, 5.74) is -0.0608. The monoisotopic (exact) mass is 339 g/mol. The van der Waals surface area contributed by atoms with Crippen LogP contribution in [-0.4, -0.2) is 20.1 Å². The fourth-order valence-electron chi connectivity index (χ4n) is 1.28. The molecule has 7 heteroatoms. The molecule has 0 fully saturated rings. The number of nitrogens with one attached hydrogen (secondary N) is 1. The Labute approximate surface area is 114 Å². The van der Waals surface area contributed by atoms with E-state index in [0.29, 0.717) is 4.47 Å². The lowest BCUT2D eigenvalue weighted by Gasteiger charge is -2.11. The first-order valence-electron chi connectivity index (χ1n) is 5.36. The van der Waals surface area contributed by atoms with Crippen molar-refractivity contribution in [3.63, 3.8) is 0 Å². The van der Waals surface area contributed by atoms with Crippen LogP contribution in [-0.2, 0) is 16.6 Å². The molecule has 0 heterocycles. The Morgan fingerprint density at radius 2 is 2.06 bits per heavy atom. The van der Waals surface area contributed by atoms with E-state index < -0.39 is 27.3 Å². The van der Waals surface area contributed by atoms with Gasteiger partial charge in [-0.05, 0) is 18.1 Å². The molecule has 102 valence electrons. The molecule has 0 saturated heterocycles. The van der Waals surface area contributed by atoms with Crippen molar-refractivity contribution in [3.05, 3.63) is 28.0 Å². The Bertz CT molecular complexity index is 531. The van der Waals surface area contributed by atoms with Crippen LogP contribution in [0.2, 0.25) is 0 Å². The van der Waals surface area contributed by atoms with Gasteiger partial charge in [0.15, 0.2) is 0 Å². The first kappa shape index (κ1) is 15.6. The average molecular weight is 340 g/mol. The van der Waals surface area contributed by atoms with Gasteiger partial charge in [-0.15, -0.1) is 0 Å². The van der Waals surface area contributed by atoms with Gasteiger partial charge in [-0.3, -0.25) is 0 Å². The second-order valence-electron chi connectivity index (χ2n) is 4.28. The number of aliphatic hydroxyl groups excluding tert-OH is 1. The minimum Gasteiger partial charge on any atom is -0.392 e. The Morgan fingerprint density at radius 3 is 2.56 bits per heavy atom. The van der Waals surface area contributed by atoms with E-state index in [1.165, 1.54) is 12.1 Å². The maximum atomic E-state index is 13.9. The summed E-state index contributed by atoms with van der Waals surface area (Å²) in [5, 5.41) is 8.98. The molecule has 1 aromatic rings. The van der Waals surface area contributed by atoms with E-state index >= 15 is 0 Å². The van der Waals surface area contributed by atoms with Crippen LogP contribution in [0.1, 0.15) is 19.4 Å². The van der Waals surface area contributed by atoms with E-state index in [-0.39, 0.29) is 18.0 Å². The van der Waals surface area contributed by atoms with Crippen LogP contribution in [0, 0.1) is 11.7 Å². The van der Waals surface area contributed by atoms with Crippen LogP contribution in [0.5, 0.6) is 0 Å². The third-order valence-corrected chi connectivity index (χ3v) is 4.10.